The van der Waals surface area contributed by atoms with Crippen LogP contribution in [-0.4, -0.2) is 44.6 Å². The third kappa shape index (κ3) is 2.07. The molecule has 2 aromatic rings. The van der Waals surface area contributed by atoms with Gasteiger partial charge < -0.3 is 15.1 Å². The molecule has 17 heavy (non-hydrogen) atoms. The van der Waals surface area contributed by atoms with Gasteiger partial charge in [0.2, 0.25) is 0 Å². The highest BCUT2D eigenvalue weighted by Gasteiger charge is 2.16. The smallest absolute Gasteiger partial charge is 0.356 e. The van der Waals surface area contributed by atoms with Crippen LogP contribution in [0.4, 0.5) is 0 Å². The van der Waals surface area contributed by atoms with E-state index in [4.69, 9.17) is 5.11 Å². The highest BCUT2D eigenvalue weighted by molar-refractivity contribution is 5.93. The molecule has 0 saturated carbocycles. The average Bonchev–Trinajstić information content (AvgIpc) is 2.56. The molecule has 0 aliphatic heterocycles. The lowest BCUT2D eigenvalue weighted by molar-refractivity contribution is 0.0693. The van der Waals surface area contributed by atoms with Crippen molar-refractivity contribution in [2.45, 2.75) is 6.54 Å². The number of aromatic hydroxyl groups is 1. The Hall–Kier alpha value is -2.08. The van der Waals surface area contributed by atoms with Gasteiger partial charge in [0.05, 0.1) is 18.3 Å². The lowest BCUT2D eigenvalue weighted by atomic mass is 10.3. The Bertz CT molecular complexity index is 575. The summed E-state index contributed by atoms with van der Waals surface area (Å²) in [5.41, 5.74) is 0.481. The molecule has 2 rings (SSSR count). The van der Waals surface area contributed by atoms with Crippen LogP contribution >= 0.6 is 0 Å². The lowest BCUT2D eigenvalue weighted by Gasteiger charge is -2.08. The number of nitrogens with zero attached hydrogens (tertiary/aromatic N) is 3. The van der Waals surface area contributed by atoms with E-state index < -0.39 is 5.97 Å². The van der Waals surface area contributed by atoms with Crippen LogP contribution < -0.4 is 0 Å². The van der Waals surface area contributed by atoms with Crippen molar-refractivity contribution >= 4 is 11.5 Å². The molecule has 0 aromatic carbocycles. The number of aromatic carboxylic acids is 1. The van der Waals surface area contributed by atoms with Gasteiger partial charge in [0.25, 0.3) is 0 Å². The molecule has 0 bridgehead atoms. The number of imidazole rings is 1. The number of pyridine rings is 1. The highest BCUT2D eigenvalue weighted by atomic mass is 16.4. The van der Waals surface area contributed by atoms with Crippen molar-refractivity contribution in [2.75, 3.05) is 14.1 Å². The maximum Gasteiger partial charge on any atom is 0.356 e. The van der Waals surface area contributed by atoms with Gasteiger partial charge in [0.1, 0.15) is 11.6 Å². The summed E-state index contributed by atoms with van der Waals surface area (Å²) in [6.07, 6.45) is 1.47. The van der Waals surface area contributed by atoms with Crippen molar-refractivity contribution in [2.24, 2.45) is 0 Å². The van der Waals surface area contributed by atoms with E-state index in [2.05, 4.69) is 4.98 Å². The van der Waals surface area contributed by atoms with Gasteiger partial charge in [0.15, 0.2) is 5.69 Å². The fraction of sp³-hybridized carbons (Fsp3) is 0.273. The van der Waals surface area contributed by atoms with Crippen molar-refractivity contribution in [1.29, 1.82) is 0 Å². The van der Waals surface area contributed by atoms with Gasteiger partial charge in [0, 0.05) is 0 Å². The number of hydrogen-bond acceptors (Lipinski definition) is 4. The predicted molar refractivity (Wildman–Crippen MR) is 61.2 cm³/mol. The summed E-state index contributed by atoms with van der Waals surface area (Å²) in [6, 6.07) is 2.99. The average molecular weight is 235 g/mol. The van der Waals surface area contributed by atoms with E-state index in [0.29, 0.717) is 17.9 Å². The van der Waals surface area contributed by atoms with Crippen LogP contribution in [0.1, 0.15) is 16.3 Å². The minimum Gasteiger partial charge on any atom is -0.506 e. The Morgan fingerprint density at radius 2 is 2.18 bits per heavy atom. The first kappa shape index (κ1) is 11.4. The molecule has 0 fully saturated rings. The van der Waals surface area contributed by atoms with E-state index in [1.54, 1.807) is 10.5 Å². The van der Waals surface area contributed by atoms with Crippen LogP contribution in [0, 0.1) is 0 Å². The Kier molecular flexibility index (Phi) is 2.72. The van der Waals surface area contributed by atoms with Gasteiger partial charge in [-0.2, -0.15) is 0 Å². The normalized spacial score (nSPS) is 11.2. The van der Waals surface area contributed by atoms with Crippen LogP contribution in [0.5, 0.6) is 5.75 Å². The standard InChI is InChI=1S/C11H13N3O3/c1-13(2)6-9-12-10(11(16)17)8-4-3-7(15)5-14(8)9/h3-5,15H,6H2,1-2H3,(H,16,17). The highest BCUT2D eigenvalue weighted by Crippen LogP contribution is 2.18. The fourth-order valence-corrected chi connectivity index (χ4v) is 1.69. The Balaban J connectivity index is 2.66. The Labute approximate surface area is 97.7 Å². The van der Waals surface area contributed by atoms with Gasteiger partial charge >= 0.3 is 5.97 Å². The van der Waals surface area contributed by atoms with Crippen molar-refractivity contribution < 1.29 is 15.0 Å². The topological polar surface area (TPSA) is 78.1 Å². The lowest BCUT2D eigenvalue weighted by Crippen LogP contribution is -2.13. The zero-order chi connectivity index (χ0) is 12.6. The fourth-order valence-electron chi connectivity index (χ4n) is 1.69. The van der Waals surface area contributed by atoms with E-state index in [-0.39, 0.29) is 11.4 Å². The summed E-state index contributed by atoms with van der Waals surface area (Å²) >= 11 is 0. The quantitative estimate of drug-likeness (QED) is 0.822. The zero-order valence-electron chi connectivity index (χ0n) is 9.58. The van der Waals surface area contributed by atoms with E-state index in [0.717, 1.165) is 0 Å². The number of aromatic nitrogens is 2. The predicted octanol–water partition coefficient (Wildman–Crippen LogP) is 0.800. The summed E-state index contributed by atoms with van der Waals surface area (Å²) in [7, 11) is 3.73. The molecule has 6 heteroatoms. The van der Waals surface area contributed by atoms with Gasteiger partial charge in [-0.15, -0.1) is 0 Å². The Morgan fingerprint density at radius 1 is 1.47 bits per heavy atom. The minimum atomic E-state index is -1.07. The second kappa shape index (κ2) is 4.06. The summed E-state index contributed by atoms with van der Waals surface area (Å²) in [6.45, 7) is 0.498. The summed E-state index contributed by atoms with van der Waals surface area (Å²) in [4.78, 5) is 17.0. The number of carboxylic acid groups (broad SMARTS) is 1. The molecular formula is C11H13N3O3. The first-order chi connectivity index (χ1) is 7.99. The second-order valence-electron chi connectivity index (χ2n) is 4.06. The van der Waals surface area contributed by atoms with Crippen molar-refractivity contribution in [3.63, 3.8) is 0 Å². The van der Waals surface area contributed by atoms with E-state index in [1.807, 2.05) is 19.0 Å². The molecule has 0 unspecified atom stereocenters. The maximum absolute atomic E-state index is 11.0. The summed E-state index contributed by atoms with van der Waals surface area (Å²) in [5.74, 6) is -0.414. The number of carboxylic acids is 1. The third-order valence-corrected chi connectivity index (χ3v) is 2.35. The van der Waals surface area contributed by atoms with Gasteiger partial charge in [-0.1, -0.05) is 0 Å². The van der Waals surface area contributed by atoms with Crippen molar-refractivity contribution in [1.82, 2.24) is 14.3 Å². The van der Waals surface area contributed by atoms with Crippen molar-refractivity contribution in [3.05, 3.63) is 29.8 Å². The van der Waals surface area contributed by atoms with Gasteiger partial charge in [-0.05, 0) is 26.2 Å². The zero-order valence-corrected chi connectivity index (χ0v) is 9.58. The van der Waals surface area contributed by atoms with Crippen LogP contribution in [-0.2, 0) is 6.54 Å². The summed E-state index contributed by atoms with van der Waals surface area (Å²) < 4.78 is 1.60. The summed E-state index contributed by atoms with van der Waals surface area (Å²) in [5, 5.41) is 18.5. The third-order valence-electron chi connectivity index (χ3n) is 2.35. The molecule has 0 aliphatic carbocycles. The van der Waals surface area contributed by atoms with Gasteiger partial charge in [-0.3, -0.25) is 4.40 Å². The largest absolute Gasteiger partial charge is 0.506 e. The molecule has 90 valence electrons. The van der Waals surface area contributed by atoms with Gasteiger partial charge in [-0.25, -0.2) is 9.78 Å². The molecule has 0 amide bonds. The molecule has 0 atom stereocenters. The first-order valence-corrected chi connectivity index (χ1v) is 5.07. The molecule has 0 aliphatic rings. The minimum absolute atomic E-state index is 0.00171. The first-order valence-electron chi connectivity index (χ1n) is 5.07. The molecule has 2 heterocycles. The number of hydrogen-bond donors (Lipinski definition) is 2. The van der Waals surface area contributed by atoms with E-state index in [9.17, 15) is 9.90 Å². The molecule has 0 radical (unpaired) electrons. The monoisotopic (exact) mass is 235 g/mol. The molecule has 0 spiro atoms. The number of carbonyl (C=O) groups is 1. The SMILES string of the molecule is CN(C)Cc1nc(C(=O)O)c2ccc(O)cn12. The molecule has 2 aromatic heterocycles. The number of rotatable bonds is 3. The van der Waals surface area contributed by atoms with Crippen LogP contribution in [0.3, 0.4) is 0 Å². The second-order valence-corrected chi connectivity index (χ2v) is 4.06. The van der Waals surface area contributed by atoms with Crippen LogP contribution in [0.25, 0.3) is 5.52 Å². The van der Waals surface area contributed by atoms with Crippen LogP contribution in [0.15, 0.2) is 18.3 Å². The Morgan fingerprint density at radius 3 is 2.76 bits per heavy atom. The van der Waals surface area contributed by atoms with E-state index >= 15 is 0 Å². The van der Waals surface area contributed by atoms with Crippen LogP contribution in [0.2, 0.25) is 0 Å². The van der Waals surface area contributed by atoms with E-state index in [1.165, 1.54) is 12.3 Å². The number of fused-ring (bicyclic) bond motifs is 1. The molecule has 6 nitrogen and oxygen atoms in total. The molecule has 2 N–H and O–H groups in total. The molecule has 0 saturated heterocycles. The van der Waals surface area contributed by atoms with Crippen molar-refractivity contribution in [3.8, 4) is 5.75 Å². The molecular weight excluding hydrogens is 222 g/mol. The maximum atomic E-state index is 11.0.